The molecule has 0 spiro atoms. The fraction of sp³-hybridized carbons (Fsp3) is 0. The van der Waals surface area contributed by atoms with Crippen molar-refractivity contribution < 1.29 is 4.79 Å². The van der Waals surface area contributed by atoms with E-state index in [4.69, 9.17) is 5.73 Å². The number of rotatable bonds is 2. The lowest BCUT2D eigenvalue weighted by Gasteiger charge is -2.07. The van der Waals surface area contributed by atoms with Gasteiger partial charge in [0.25, 0.3) is 5.91 Å². The molecule has 2 rings (SSSR count). The largest absolute Gasteiger partial charge is 0.382 e. The summed E-state index contributed by atoms with van der Waals surface area (Å²) < 4.78 is 1.65. The molecule has 1 aromatic carbocycles. The molecular formula is C11H8Br2N4O. The molecule has 5 nitrogen and oxygen atoms in total. The summed E-state index contributed by atoms with van der Waals surface area (Å²) in [6.45, 7) is 0. The Labute approximate surface area is 120 Å². The fourth-order valence-corrected chi connectivity index (χ4v) is 1.95. The summed E-state index contributed by atoms with van der Waals surface area (Å²) in [7, 11) is 0. The highest BCUT2D eigenvalue weighted by atomic mass is 79.9. The summed E-state index contributed by atoms with van der Waals surface area (Å²) in [5, 5.41) is 10.1. The number of benzene rings is 1. The zero-order chi connectivity index (χ0) is 13.1. The molecule has 0 radical (unpaired) electrons. The van der Waals surface area contributed by atoms with Crippen LogP contribution in [0.3, 0.4) is 0 Å². The van der Waals surface area contributed by atoms with E-state index in [0.717, 1.165) is 8.95 Å². The monoisotopic (exact) mass is 370 g/mol. The average Bonchev–Trinajstić information content (AvgIpc) is 2.34. The number of aromatic nitrogens is 2. The van der Waals surface area contributed by atoms with Crippen LogP contribution in [-0.4, -0.2) is 16.1 Å². The second-order valence-electron chi connectivity index (χ2n) is 3.42. The van der Waals surface area contributed by atoms with Gasteiger partial charge in [0.05, 0.1) is 5.69 Å². The molecule has 18 heavy (non-hydrogen) atoms. The minimum atomic E-state index is -0.346. The van der Waals surface area contributed by atoms with Gasteiger partial charge in [0.1, 0.15) is 5.82 Å². The third kappa shape index (κ3) is 3.05. The summed E-state index contributed by atoms with van der Waals surface area (Å²) in [6.07, 6.45) is 0. The van der Waals surface area contributed by atoms with E-state index in [2.05, 4.69) is 47.4 Å². The minimum Gasteiger partial charge on any atom is -0.382 e. The summed E-state index contributed by atoms with van der Waals surface area (Å²) >= 11 is 6.69. The zero-order valence-corrected chi connectivity index (χ0v) is 12.2. The van der Waals surface area contributed by atoms with Gasteiger partial charge in [-0.3, -0.25) is 4.79 Å². The highest BCUT2D eigenvalue weighted by molar-refractivity contribution is 9.11. The molecule has 0 atom stereocenters. The standard InChI is InChI=1S/C11H8Br2N4O/c12-6-1-2-7(13)9(5-6)15-11(18)8-3-4-10(14)17-16-8/h1-5H,(H2,14,17)(H,15,18). The first-order chi connectivity index (χ1) is 8.56. The number of amides is 1. The van der Waals surface area contributed by atoms with E-state index in [0.29, 0.717) is 5.69 Å². The molecule has 3 N–H and O–H groups in total. The Morgan fingerprint density at radius 3 is 2.61 bits per heavy atom. The first kappa shape index (κ1) is 13.0. The number of nitrogens with two attached hydrogens (primary N) is 1. The number of carbonyl (C=O) groups excluding carboxylic acids is 1. The predicted octanol–water partition coefficient (Wildman–Crippen LogP) is 2.84. The van der Waals surface area contributed by atoms with Crippen LogP contribution in [0.25, 0.3) is 0 Å². The molecule has 92 valence electrons. The second-order valence-corrected chi connectivity index (χ2v) is 5.19. The average molecular weight is 372 g/mol. The predicted molar refractivity (Wildman–Crippen MR) is 76.2 cm³/mol. The van der Waals surface area contributed by atoms with Crippen LogP contribution in [0.1, 0.15) is 10.5 Å². The molecule has 2 aromatic rings. The topological polar surface area (TPSA) is 80.9 Å². The van der Waals surface area contributed by atoms with E-state index in [-0.39, 0.29) is 17.4 Å². The van der Waals surface area contributed by atoms with Gasteiger partial charge in [0.15, 0.2) is 5.69 Å². The minimum absolute atomic E-state index is 0.205. The van der Waals surface area contributed by atoms with E-state index in [1.54, 1.807) is 6.07 Å². The molecule has 0 aliphatic carbocycles. The molecular weight excluding hydrogens is 364 g/mol. The van der Waals surface area contributed by atoms with Gasteiger partial charge in [-0.1, -0.05) is 15.9 Å². The van der Waals surface area contributed by atoms with Gasteiger partial charge in [-0.25, -0.2) is 0 Å². The van der Waals surface area contributed by atoms with Crippen LogP contribution in [0.4, 0.5) is 11.5 Å². The van der Waals surface area contributed by atoms with Crippen LogP contribution in [0.15, 0.2) is 39.3 Å². The van der Waals surface area contributed by atoms with Crippen molar-refractivity contribution in [1.82, 2.24) is 10.2 Å². The van der Waals surface area contributed by atoms with E-state index in [1.165, 1.54) is 12.1 Å². The summed E-state index contributed by atoms with van der Waals surface area (Å²) in [5.74, 6) is -0.0727. The number of nitrogens with zero attached hydrogens (tertiary/aromatic N) is 2. The van der Waals surface area contributed by atoms with Gasteiger partial charge < -0.3 is 11.1 Å². The maximum absolute atomic E-state index is 11.9. The summed E-state index contributed by atoms with van der Waals surface area (Å²) in [6, 6.07) is 8.52. The van der Waals surface area contributed by atoms with Crippen LogP contribution >= 0.6 is 31.9 Å². The maximum atomic E-state index is 11.9. The Bertz CT molecular complexity index is 586. The lowest BCUT2D eigenvalue weighted by atomic mass is 10.3. The van der Waals surface area contributed by atoms with Crippen molar-refractivity contribution >= 4 is 49.3 Å². The normalized spacial score (nSPS) is 10.1. The lowest BCUT2D eigenvalue weighted by molar-refractivity contribution is 0.102. The second kappa shape index (κ2) is 5.45. The first-order valence-corrected chi connectivity index (χ1v) is 6.50. The lowest BCUT2D eigenvalue weighted by Crippen LogP contribution is -2.15. The zero-order valence-electron chi connectivity index (χ0n) is 9.02. The fourth-order valence-electron chi connectivity index (χ4n) is 1.24. The van der Waals surface area contributed by atoms with Crippen molar-refractivity contribution in [2.24, 2.45) is 0 Å². The van der Waals surface area contributed by atoms with Crippen LogP contribution < -0.4 is 11.1 Å². The highest BCUT2D eigenvalue weighted by Crippen LogP contribution is 2.26. The van der Waals surface area contributed by atoms with E-state index in [1.807, 2.05) is 12.1 Å². The molecule has 0 aliphatic rings. The third-order valence-corrected chi connectivity index (χ3v) is 3.28. The van der Waals surface area contributed by atoms with Crippen LogP contribution in [-0.2, 0) is 0 Å². The van der Waals surface area contributed by atoms with Crippen molar-refractivity contribution in [2.45, 2.75) is 0 Å². The van der Waals surface area contributed by atoms with Gasteiger partial charge in [0, 0.05) is 8.95 Å². The number of halogens is 2. The molecule has 1 heterocycles. The maximum Gasteiger partial charge on any atom is 0.276 e. The first-order valence-electron chi connectivity index (χ1n) is 4.92. The molecule has 1 amide bonds. The van der Waals surface area contributed by atoms with Crippen molar-refractivity contribution in [1.29, 1.82) is 0 Å². The number of carbonyl (C=O) groups is 1. The van der Waals surface area contributed by atoms with E-state index < -0.39 is 0 Å². The molecule has 0 saturated heterocycles. The van der Waals surface area contributed by atoms with Crippen molar-refractivity contribution in [3.05, 3.63) is 45.0 Å². The van der Waals surface area contributed by atoms with Crippen molar-refractivity contribution in [3.8, 4) is 0 Å². The number of hydrogen-bond acceptors (Lipinski definition) is 4. The Morgan fingerprint density at radius 2 is 1.94 bits per heavy atom. The summed E-state index contributed by atoms with van der Waals surface area (Å²) in [4.78, 5) is 11.9. The van der Waals surface area contributed by atoms with Crippen LogP contribution in [0.2, 0.25) is 0 Å². The molecule has 0 bridgehead atoms. The Hall–Kier alpha value is -1.47. The summed E-state index contributed by atoms with van der Waals surface area (Å²) in [5.41, 5.74) is 6.26. The van der Waals surface area contributed by atoms with Crippen LogP contribution in [0.5, 0.6) is 0 Å². The van der Waals surface area contributed by atoms with Gasteiger partial charge in [0.2, 0.25) is 0 Å². The smallest absolute Gasteiger partial charge is 0.276 e. The number of nitrogens with one attached hydrogen (secondary N) is 1. The molecule has 0 aliphatic heterocycles. The highest BCUT2D eigenvalue weighted by Gasteiger charge is 2.10. The van der Waals surface area contributed by atoms with Crippen LogP contribution in [0, 0.1) is 0 Å². The van der Waals surface area contributed by atoms with Gasteiger partial charge in [-0.05, 0) is 46.3 Å². The molecule has 7 heteroatoms. The molecule has 0 fully saturated rings. The number of nitrogen functional groups attached to an aromatic ring is 1. The quantitative estimate of drug-likeness (QED) is 0.850. The van der Waals surface area contributed by atoms with E-state index in [9.17, 15) is 4.79 Å². The SMILES string of the molecule is Nc1ccc(C(=O)Nc2cc(Br)ccc2Br)nn1. The molecule has 0 unspecified atom stereocenters. The van der Waals surface area contributed by atoms with Gasteiger partial charge in [-0.2, -0.15) is 0 Å². The third-order valence-electron chi connectivity index (χ3n) is 2.09. The molecule has 0 saturated carbocycles. The number of hydrogen-bond donors (Lipinski definition) is 2. The van der Waals surface area contributed by atoms with Crippen molar-refractivity contribution in [3.63, 3.8) is 0 Å². The Morgan fingerprint density at radius 1 is 1.17 bits per heavy atom. The Kier molecular flexibility index (Phi) is 3.93. The van der Waals surface area contributed by atoms with Crippen molar-refractivity contribution in [2.75, 3.05) is 11.1 Å². The molecule has 1 aromatic heterocycles. The Balaban J connectivity index is 2.21. The van der Waals surface area contributed by atoms with Gasteiger partial charge >= 0.3 is 0 Å². The van der Waals surface area contributed by atoms with Gasteiger partial charge in [-0.15, -0.1) is 10.2 Å². The van der Waals surface area contributed by atoms with E-state index >= 15 is 0 Å². The number of anilines is 2.